The summed E-state index contributed by atoms with van der Waals surface area (Å²) in [5.74, 6) is 2.35. The van der Waals surface area contributed by atoms with Gasteiger partial charge in [0.2, 0.25) is 6.79 Å². The molecule has 0 aliphatic carbocycles. The maximum atomic E-state index is 6.35. The van der Waals surface area contributed by atoms with E-state index in [9.17, 15) is 0 Å². The summed E-state index contributed by atoms with van der Waals surface area (Å²) in [7, 11) is 0. The van der Waals surface area contributed by atoms with Crippen molar-refractivity contribution in [3.05, 3.63) is 65.4 Å². The van der Waals surface area contributed by atoms with E-state index < -0.39 is 0 Å². The number of benzene rings is 2. The van der Waals surface area contributed by atoms with Crippen molar-refractivity contribution in [1.29, 1.82) is 0 Å². The van der Waals surface area contributed by atoms with Crippen LogP contribution in [0.5, 0.6) is 11.5 Å². The molecule has 0 fully saturated rings. The van der Waals surface area contributed by atoms with Crippen LogP contribution in [0, 0.1) is 0 Å². The molecule has 4 nitrogen and oxygen atoms in total. The van der Waals surface area contributed by atoms with E-state index in [-0.39, 0.29) is 6.79 Å². The van der Waals surface area contributed by atoms with Gasteiger partial charge >= 0.3 is 0 Å². The minimum absolute atomic E-state index is 0.245. The lowest BCUT2D eigenvalue weighted by Crippen LogP contribution is -2.02. The first kappa shape index (κ1) is 13.2. The van der Waals surface area contributed by atoms with Crippen molar-refractivity contribution in [2.45, 2.75) is 6.54 Å². The maximum absolute atomic E-state index is 6.35. The molecule has 3 aromatic rings. The molecule has 0 saturated heterocycles. The third kappa shape index (κ3) is 2.31. The lowest BCUT2D eigenvalue weighted by molar-refractivity contribution is 0.174. The summed E-state index contributed by atoms with van der Waals surface area (Å²) in [6, 6.07) is 13.8. The van der Waals surface area contributed by atoms with E-state index in [1.807, 2.05) is 42.6 Å². The molecule has 0 bridgehead atoms. The molecule has 0 saturated carbocycles. The summed E-state index contributed by atoms with van der Waals surface area (Å²) < 4.78 is 12.8. The van der Waals surface area contributed by atoms with Gasteiger partial charge in [-0.25, -0.2) is 4.98 Å². The summed E-state index contributed by atoms with van der Waals surface area (Å²) in [5, 5.41) is 0.664. The minimum Gasteiger partial charge on any atom is -0.454 e. The van der Waals surface area contributed by atoms with Gasteiger partial charge in [-0.15, -0.1) is 0 Å². The van der Waals surface area contributed by atoms with E-state index in [4.69, 9.17) is 21.1 Å². The average molecular weight is 313 g/mol. The number of nitrogens with zero attached hydrogens (tertiary/aromatic N) is 2. The molecule has 0 unspecified atom stereocenters. The van der Waals surface area contributed by atoms with Crippen LogP contribution in [-0.4, -0.2) is 16.3 Å². The molecular weight excluding hydrogens is 300 g/mol. The molecule has 1 aliphatic rings. The number of rotatable bonds is 3. The molecule has 0 N–H and O–H groups in total. The standard InChI is InChI=1S/C17H13ClN2O2/c18-14-9-16-15(21-11-22-16)8-13(14)10-20-7-6-19-17(20)12-4-2-1-3-5-12/h1-9H,10-11H2. The zero-order valence-electron chi connectivity index (χ0n) is 11.7. The zero-order valence-corrected chi connectivity index (χ0v) is 12.5. The molecule has 0 spiro atoms. The Morgan fingerprint density at radius 1 is 1.09 bits per heavy atom. The Morgan fingerprint density at radius 3 is 2.68 bits per heavy atom. The van der Waals surface area contributed by atoms with E-state index in [0.717, 1.165) is 22.7 Å². The molecule has 22 heavy (non-hydrogen) atoms. The largest absolute Gasteiger partial charge is 0.454 e. The van der Waals surface area contributed by atoms with Crippen LogP contribution in [0.25, 0.3) is 11.4 Å². The second kappa shape index (κ2) is 5.39. The fourth-order valence-electron chi connectivity index (χ4n) is 2.55. The molecule has 1 aromatic heterocycles. The predicted octanol–water partition coefficient (Wildman–Crippen LogP) is 3.98. The average Bonchev–Trinajstić information content (AvgIpc) is 3.17. The van der Waals surface area contributed by atoms with Crippen LogP contribution in [0.15, 0.2) is 54.9 Å². The number of hydrogen-bond acceptors (Lipinski definition) is 3. The fraction of sp³-hybridized carbons (Fsp3) is 0.118. The van der Waals surface area contributed by atoms with E-state index in [2.05, 4.69) is 9.55 Å². The number of fused-ring (bicyclic) bond motifs is 1. The lowest BCUT2D eigenvalue weighted by Gasteiger charge is -2.10. The van der Waals surface area contributed by atoms with Crippen LogP contribution < -0.4 is 9.47 Å². The molecule has 1 aliphatic heterocycles. The first-order valence-electron chi connectivity index (χ1n) is 6.96. The van der Waals surface area contributed by atoms with Crippen LogP contribution in [0.2, 0.25) is 5.02 Å². The monoisotopic (exact) mass is 312 g/mol. The number of aromatic nitrogens is 2. The van der Waals surface area contributed by atoms with Crippen molar-refractivity contribution >= 4 is 11.6 Å². The molecule has 4 rings (SSSR count). The first-order valence-corrected chi connectivity index (χ1v) is 7.33. The van der Waals surface area contributed by atoms with Crippen molar-refractivity contribution in [2.75, 3.05) is 6.79 Å². The smallest absolute Gasteiger partial charge is 0.231 e. The van der Waals surface area contributed by atoms with E-state index in [1.165, 1.54) is 0 Å². The second-order valence-electron chi connectivity index (χ2n) is 5.04. The van der Waals surface area contributed by atoms with Gasteiger partial charge < -0.3 is 14.0 Å². The van der Waals surface area contributed by atoms with Crippen molar-refractivity contribution in [3.63, 3.8) is 0 Å². The van der Waals surface area contributed by atoms with Crippen LogP contribution in [0.1, 0.15) is 5.56 Å². The molecule has 2 aromatic carbocycles. The Hall–Kier alpha value is -2.46. The maximum Gasteiger partial charge on any atom is 0.231 e. The summed E-state index contributed by atoms with van der Waals surface area (Å²) in [4.78, 5) is 4.45. The highest BCUT2D eigenvalue weighted by Crippen LogP contribution is 2.37. The number of hydrogen-bond donors (Lipinski definition) is 0. The van der Waals surface area contributed by atoms with E-state index >= 15 is 0 Å². The number of halogens is 1. The van der Waals surface area contributed by atoms with Crippen molar-refractivity contribution in [3.8, 4) is 22.9 Å². The van der Waals surface area contributed by atoms with Gasteiger partial charge in [0, 0.05) is 29.0 Å². The van der Waals surface area contributed by atoms with Crippen LogP contribution in [0.3, 0.4) is 0 Å². The number of ether oxygens (including phenoxy) is 2. The van der Waals surface area contributed by atoms with Crippen molar-refractivity contribution in [2.24, 2.45) is 0 Å². The van der Waals surface area contributed by atoms with Gasteiger partial charge in [0.15, 0.2) is 11.5 Å². The van der Waals surface area contributed by atoms with Gasteiger partial charge in [0.1, 0.15) is 5.82 Å². The summed E-state index contributed by atoms with van der Waals surface area (Å²) >= 11 is 6.35. The summed E-state index contributed by atoms with van der Waals surface area (Å²) in [5.41, 5.74) is 2.05. The Bertz CT molecular complexity index is 815. The van der Waals surface area contributed by atoms with Gasteiger partial charge in [-0.1, -0.05) is 41.9 Å². The fourth-order valence-corrected chi connectivity index (χ4v) is 2.76. The highest BCUT2D eigenvalue weighted by atomic mass is 35.5. The van der Waals surface area contributed by atoms with Crippen LogP contribution in [-0.2, 0) is 6.54 Å². The molecule has 110 valence electrons. The van der Waals surface area contributed by atoms with Gasteiger partial charge in [0.25, 0.3) is 0 Å². The highest BCUT2D eigenvalue weighted by molar-refractivity contribution is 6.31. The molecule has 5 heteroatoms. The SMILES string of the molecule is Clc1cc2c(cc1Cn1ccnc1-c1ccccc1)OCO2. The van der Waals surface area contributed by atoms with Gasteiger partial charge in [-0.2, -0.15) is 0 Å². The lowest BCUT2D eigenvalue weighted by atomic mass is 10.1. The quantitative estimate of drug-likeness (QED) is 0.734. The third-order valence-electron chi connectivity index (χ3n) is 3.63. The highest BCUT2D eigenvalue weighted by Gasteiger charge is 2.17. The van der Waals surface area contributed by atoms with Crippen LogP contribution in [0.4, 0.5) is 0 Å². The van der Waals surface area contributed by atoms with Crippen molar-refractivity contribution < 1.29 is 9.47 Å². The zero-order chi connectivity index (χ0) is 14.9. The predicted molar refractivity (Wildman–Crippen MR) is 84.3 cm³/mol. The van der Waals surface area contributed by atoms with Gasteiger partial charge in [-0.05, 0) is 11.6 Å². The first-order chi connectivity index (χ1) is 10.8. The van der Waals surface area contributed by atoms with E-state index in [0.29, 0.717) is 17.3 Å². The molecular formula is C17H13ClN2O2. The minimum atomic E-state index is 0.245. The summed E-state index contributed by atoms with van der Waals surface area (Å²) in [6.45, 7) is 0.870. The second-order valence-corrected chi connectivity index (χ2v) is 5.45. The molecule has 0 radical (unpaired) electrons. The Kier molecular flexibility index (Phi) is 3.24. The Labute approximate surface area is 132 Å². The normalized spacial score (nSPS) is 12.6. The Morgan fingerprint density at radius 2 is 1.86 bits per heavy atom. The molecule has 0 atom stereocenters. The third-order valence-corrected chi connectivity index (χ3v) is 3.98. The van der Waals surface area contributed by atoms with E-state index in [1.54, 1.807) is 12.3 Å². The molecule has 2 heterocycles. The van der Waals surface area contributed by atoms with Crippen molar-refractivity contribution in [1.82, 2.24) is 9.55 Å². The van der Waals surface area contributed by atoms with Gasteiger partial charge in [0.05, 0.1) is 6.54 Å². The number of imidazole rings is 1. The van der Waals surface area contributed by atoms with Crippen LogP contribution >= 0.6 is 11.6 Å². The topological polar surface area (TPSA) is 36.3 Å². The van der Waals surface area contributed by atoms with Gasteiger partial charge in [-0.3, -0.25) is 0 Å². The Balaban J connectivity index is 1.70. The summed E-state index contributed by atoms with van der Waals surface area (Å²) in [6.07, 6.45) is 3.74. The molecule has 0 amide bonds.